The lowest BCUT2D eigenvalue weighted by molar-refractivity contribution is 0.321. The predicted octanol–water partition coefficient (Wildman–Crippen LogP) is 3.14. The summed E-state index contributed by atoms with van der Waals surface area (Å²) in [6.07, 6.45) is 3.58. The van der Waals surface area contributed by atoms with Crippen LogP contribution in [-0.4, -0.2) is 30.6 Å². The van der Waals surface area contributed by atoms with Crippen molar-refractivity contribution in [3.05, 3.63) is 29.6 Å². The van der Waals surface area contributed by atoms with Crippen molar-refractivity contribution in [1.82, 2.24) is 4.90 Å². The summed E-state index contributed by atoms with van der Waals surface area (Å²) in [7, 11) is 0. The second kappa shape index (κ2) is 9.07. The lowest BCUT2D eigenvalue weighted by atomic mass is 10.1. The van der Waals surface area contributed by atoms with Crippen molar-refractivity contribution in [1.29, 1.82) is 0 Å². The highest BCUT2D eigenvalue weighted by atomic mass is 127. The van der Waals surface area contributed by atoms with Gasteiger partial charge in [-0.25, -0.2) is 9.38 Å². The largest absolute Gasteiger partial charge is 0.491 e. The zero-order valence-corrected chi connectivity index (χ0v) is 14.7. The number of nitrogens with two attached hydrogens (primary N) is 1. The van der Waals surface area contributed by atoms with Gasteiger partial charge >= 0.3 is 0 Å². The Morgan fingerprint density at radius 2 is 2.05 bits per heavy atom. The Labute approximate surface area is 142 Å². The van der Waals surface area contributed by atoms with Gasteiger partial charge in [0.15, 0.2) is 17.5 Å². The van der Waals surface area contributed by atoms with E-state index in [1.807, 2.05) is 13.0 Å². The number of guanidine groups is 1. The van der Waals surface area contributed by atoms with Crippen LogP contribution in [0.1, 0.15) is 31.7 Å². The highest BCUT2D eigenvalue weighted by molar-refractivity contribution is 14.0. The number of rotatable bonds is 4. The van der Waals surface area contributed by atoms with Crippen LogP contribution in [0.15, 0.2) is 23.2 Å². The van der Waals surface area contributed by atoms with Crippen LogP contribution in [0.2, 0.25) is 0 Å². The number of nitrogens with zero attached hydrogens (tertiary/aromatic N) is 2. The smallest absolute Gasteiger partial charge is 0.191 e. The van der Waals surface area contributed by atoms with Gasteiger partial charge in [0.05, 0.1) is 13.2 Å². The van der Waals surface area contributed by atoms with Crippen molar-refractivity contribution in [3.8, 4) is 5.75 Å². The topological polar surface area (TPSA) is 50.9 Å². The molecule has 0 unspecified atom stereocenters. The maximum absolute atomic E-state index is 13.7. The number of benzene rings is 1. The highest BCUT2D eigenvalue weighted by Crippen LogP contribution is 2.19. The zero-order chi connectivity index (χ0) is 14.4. The summed E-state index contributed by atoms with van der Waals surface area (Å²) in [5.41, 5.74) is 6.77. The van der Waals surface area contributed by atoms with Gasteiger partial charge in [-0.15, -0.1) is 24.0 Å². The van der Waals surface area contributed by atoms with Gasteiger partial charge < -0.3 is 15.4 Å². The molecule has 1 fully saturated rings. The Morgan fingerprint density at radius 1 is 1.33 bits per heavy atom. The second-order valence-electron chi connectivity index (χ2n) is 4.92. The molecule has 1 aromatic rings. The monoisotopic (exact) mass is 407 g/mol. The molecular formula is C15H23FIN3O. The third-order valence-electron chi connectivity index (χ3n) is 3.40. The number of likely N-dealkylation sites (tertiary alicyclic amines) is 1. The quantitative estimate of drug-likeness (QED) is 0.474. The van der Waals surface area contributed by atoms with Gasteiger partial charge in [0.25, 0.3) is 0 Å². The van der Waals surface area contributed by atoms with E-state index >= 15 is 0 Å². The van der Waals surface area contributed by atoms with Crippen LogP contribution in [0.5, 0.6) is 5.75 Å². The minimum absolute atomic E-state index is 0. The lowest BCUT2D eigenvalue weighted by Crippen LogP contribution is -2.40. The van der Waals surface area contributed by atoms with Crippen molar-refractivity contribution < 1.29 is 9.13 Å². The third kappa shape index (κ3) is 5.33. The molecule has 0 aliphatic carbocycles. The molecule has 0 aromatic heterocycles. The van der Waals surface area contributed by atoms with Crippen molar-refractivity contribution in [2.45, 2.75) is 32.7 Å². The number of piperidine rings is 1. The average Bonchev–Trinajstić information content (AvgIpc) is 2.48. The lowest BCUT2D eigenvalue weighted by Gasteiger charge is -2.27. The van der Waals surface area contributed by atoms with E-state index in [0.29, 0.717) is 19.1 Å². The first kappa shape index (κ1) is 18.0. The van der Waals surface area contributed by atoms with E-state index in [1.165, 1.54) is 12.5 Å². The van der Waals surface area contributed by atoms with Gasteiger partial charge in [0, 0.05) is 13.1 Å². The fourth-order valence-electron chi connectivity index (χ4n) is 2.31. The van der Waals surface area contributed by atoms with E-state index in [1.54, 1.807) is 6.07 Å². The van der Waals surface area contributed by atoms with Crippen molar-refractivity contribution in [2.75, 3.05) is 19.7 Å². The fourth-order valence-corrected chi connectivity index (χ4v) is 2.31. The predicted molar refractivity (Wildman–Crippen MR) is 93.7 cm³/mol. The summed E-state index contributed by atoms with van der Waals surface area (Å²) in [5, 5.41) is 0. The number of halogens is 2. The summed E-state index contributed by atoms with van der Waals surface area (Å²) in [6, 6.07) is 4.92. The van der Waals surface area contributed by atoms with E-state index in [4.69, 9.17) is 10.5 Å². The molecule has 1 heterocycles. The molecule has 21 heavy (non-hydrogen) atoms. The first-order valence-corrected chi connectivity index (χ1v) is 7.17. The number of hydrogen-bond donors (Lipinski definition) is 1. The standard InChI is InChI=1S/C15H22FN3O.HI/c1-2-20-14-7-6-12(10-13(14)16)11-18-15(17)19-8-4-3-5-9-19;/h6-7,10H,2-5,8-9,11H2,1H3,(H2,17,18);1H. The first-order chi connectivity index (χ1) is 9.70. The molecule has 118 valence electrons. The zero-order valence-electron chi connectivity index (χ0n) is 12.3. The Bertz CT molecular complexity index is 476. The molecule has 0 atom stereocenters. The molecular weight excluding hydrogens is 384 g/mol. The van der Waals surface area contributed by atoms with Crippen LogP contribution in [-0.2, 0) is 6.54 Å². The molecule has 2 rings (SSSR count). The minimum atomic E-state index is -0.351. The van der Waals surface area contributed by atoms with Gasteiger partial charge in [-0.3, -0.25) is 0 Å². The van der Waals surface area contributed by atoms with E-state index in [0.717, 1.165) is 31.5 Å². The summed E-state index contributed by atoms with van der Waals surface area (Å²) in [5.74, 6) is 0.485. The minimum Gasteiger partial charge on any atom is -0.491 e. The Hall–Kier alpha value is -1.05. The highest BCUT2D eigenvalue weighted by Gasteiger charge is 2.11. The summed E-state index contributed by atoms with van der Waals surface area (Å²) >= 11 is 0. The van der Waals surface area contributed by atoms with Crippen LogP contribution >= 0.6 is 24.0 Å². The van der Waals surface area contributed by atoms with Crippen molar-refractivity contribution in [2.24, 2.45) is 10.7 Å². The molecule has 0 amide bonds. The fraction of sp³-hybridized carbons (Fsp3) is 0.533. The summed E-state index contributed by atoms with van der Waals surface area (Å²) < 4.78 is 18.9. The SMILES string of the molecule is CCOc1ccc(CN=C(N)N2CCCCC2)cc1F.I. The maximum Gasteiger partial charge on any atom is 0.191 e. The maximum atomic E-state index is 13.7. The normalized spacial score (nSPS) is 15.5. The van der Waals surface area contributed by atoms with Gasteiger partial charge in [-0.1, -0.05) is 6.07 Å². The Morgan fingerprint density at radius 3 is 2.67 bits per heavy atom. The van der Waals surface area contributed by atoms with Gasteiger partial charge in [0.2, 0.25) is 0 Å². The van der Waals surface area contributed by atoms with Crippen LogP contribution in [0.3, 0.4) is 0 Å². The van der Waals surface area contributed by atoms with E-state index in [2.05, 4.69) is 9.89 Å². The molecule has 1 aromatic carbocycles. The average molecular weight is 407 g/mol. The van der Waals surface area contributed by atoms with E-state index in [9.17, 15) is 4.39 Å². The molecule has 1 aliphatic heterocycles. The number of aliphatic imine (C=N–C) groups is 1. The van der Waals surface area contributed by atoms with Crippen molar-refractivity contribution >= 4 is 29.9 Å². The molecule has 1 saturated heterocycles. The van der Waals surface area contributed by atoms with Crippen LogP contribution < -0.4 is 10.5 Å². The molecule has 1 aliphatic rings. The first-order valence-electron chi connectivity index (χ1n) is 7.17. The molecule has 0 radical (unpaired) electrons. The van der Waals surface area contributed by atoms with Gasteiger partial charge in [-0.05, 0) is 43.9 Å². The number of hydrogen-bond acceptors (Lipinski definition) is 2. The van der Waals surface area contributed by atoms with E-state index in [-0.39, 0.29) is 35.5 Å². The van der Waals surface area contributed by atoms with Crippen LogP contribution in [0.25, 0.3) is 0 Å². The Kier molecular flexibility index (Phi) is 7.77. The van der Waals surface area contributed by atoms with Crippen molar-refractivity contribution in [3.63, 3.8) is 0 Å². The molecule has 4 nitrogen and oxygen atoms in total. The Balaban J connectivity index is 0.00000220. The molecule has 0 bridgehead atoms. The van der Waals surface area contributed by atoms with Crippen LogP contribution in [0, 0.1) is 5.82 Å². The second-order valence-corrected chi connectivity index (χ2v) is 4.92. The van der Waals surface area contributed by atoms with Crippen LogP contribution in [0.4, 0.5) is 4.39 Å². The third-order valence-corrected chi connectivity index (χ3v) is 3.40. The molecule has 0 spiro atoms. The van der Waals surface area contributed by atoms with Gasteiger partial charge in [-0.2, -0.15) is 0 Å². The summed E-state index contributed by atoms with van der Waals surface area (Å²) in [6.45, 7) is 4.61. The molecule has 6 heteroatoms. The van der Waals surface area contributed by atoms with Gasteiger partial charge in [0.1, 0.15) is 0 Å². The van der Waals surface area contributed by atoms with E-state index < -0.39 is 0 Å². The number of ether oxygens (including phenoxy) is 1. The molecule has 2 N–H and O–H groups in total. The molecule has 0 saturated carbocycles. The summed E-state index contributed by atoms with van der Waals surface area (Å²) in [4.78, 5) is 6.44.